The molecule has 14 rings (SSSR count). The molecule has 1 amide bonds. The number of nitriles is 2. The molecule has 4 aliphatic heterocycles. The molecule has 0 unspecified atom stereocenters. The average Bonchev–Trinajstić information content (AvgIpc) is 1.83. The Hall–Kier alpha value is -9.53. The second kappa shape index (κ2) is 26.8. The minimum atomic E-state index is -0.804. The molecule has 0 atom stereocenters. The topological polar surface area (TPSA) is 242 Å². The van der Waals surface area contributed by atoms with E-state index in [0.717, 1.165) is 76.1 Å². The molecule has 0 bridgehead atoms. The van der Waals surface area contributed by atoms with Crippen LogP contribution in [0.5, 0.6) is 0 Å². The molecule has 4 aliphatic rings. The number of anilines is 6. The summed E-state index contributed by atoms with van der Waals surface area (Å²) in [6.07, 6.45) is 14.9. The standard InChI is InChI=1S/C31H28FN9OS.C28H23FN8O2S.C3H7N.CH4.ClH/c1-3-24-28(38(2)31-37-27(25(13-33)43-31)19-5-8-23(32)9-6-19)41-18-20(7-10-26(41)36-24)21-14-34-30(35-15-21)40-16-22(17-40)29(42)39-11-4-12-39;1-3-21-25(35(2)28-34-24(22(10-30)40-28)16-4-7-20(29)8-5-16)37-15-17(6-9-23(37)33-21)18-11-31-27(32-12-18)36-13-19(14-36)26(38)39;1-2-4-3-1;;/h5-10,14-15,18,22H,3-4,11-12,16-17H2,1-2H3;4-9,11-12,15,19H,3,13-14H2,1-2H3,(H,38,39);4H,1-3H2;1H4;1H. The Morgan fingerprint density at radius 1 is 0.607 bits per heavy atom. The lowest BCUT2D eigenvalue weighted by Gasteiger charge is -2.42. The van der Waals surface area contributed by atoms with E-state index in [1.54, 1.807) is 36.7 Å². The summed E-state index contributed by atoms with van der Waals surface area (Å²) < 4.78 is 31.0. The van der Waals surface area contributed by atoms with Crippen molar-refractivity contribution in [3.63, 3.8) is 0 Å². The third kappa shape index (κ3) is 12.6. The van der Waals surface area contributed by atoms with Crippen LogP contribution in [0, 0.1) is 46.1 Å². The summed E-state index contributed by atoms with van der Waals surface area (Å²) >= 11 is 2.55. The number of pyridine rings is 2. The lowest BCUT2D eigenvalue weighted by Crippen LogP contribution is -2.57. The molecule has 0 saturated carbocycles. The number of amides is 1. The van der Waals surface area contributed by atoms with Crippen LogP contribution in [0.1, 0.15) is 55.3 Å². The molecule has 89 heavy (non-hydrogen) atoms. The Bertz CT molecular complexity index is 4250. The molecule has 21 nitrogen and oxygen atoms in total. The van der Waals surface area contributed by atoms with E-state index in [9.17, 15) is 28.9 Å². The van der Waals surface area contributed by atoms with Crippen molar-refractivity contribution >= 4 is 92.0 Å². The Balaban J connectivity index is 0.000000181. The summed E-state index contributed by atoms with van der Waals surface area (Å²) in [5.74, 6) is 1.20. The zero-order chi connectivity index (χ0) is 60.5. The molecule has 12 heterocycles. The average molecular weight is 1260 g/mol. The highest BCUT2D eigenvalue weighted by Crippen LogP contribution is 2.40. The monoisotopic (exact) mass is 1260 g/mol. The number of thiazole rings is 2. The summed E-state index contributed by atoms with van der Waals surface area (Å²) in [5.41, 5.74) is 9.17. The molecule has 4 fully saturated rings. The summed E-state index contributed by atoms with van der Waals surface area (Å²) in [6.45, 7) is 10.4. The van der Waals surface area contributed by atoms with Crippen molar-refractivity contribution in [3.05, 3.63) is 143 Å². The van der Waals surface area contributed by atoms with Gasteiger partial charge < -0.3 is 34.9 Å². The maximum absolute atomic E-state index is 13.5. The fourth-order valence-corrected chi connectivity index (χ4v) is 12.1. The quantitative estimate of drug-likeness (QED) is 0.103. The second-order valence-electron chi connectivity index (χ2n) is 21.3. The van der Waals surface area contributed by atoms with Gasteiger partial charge in [-0.15, -0.1) is 12.4 Å². The molecule has 8 aromatic heterocycles. The number of nitrogens with one attached hydrogen (secondary N) is 1. The number of rotatable bonds is 14. The number of aromatic nitrogens is 10. The first-order valence-electron chi connectivity index (χ1n) is 28.5. The number of carbonyl (C=O) groups is 2. The molecular weight excluding hydrogens is 1190 g/mol. The molecule has 26 heteroatoms. The SMILES string of the molecule is C.C1CNC1.CCc1nc2ccc(-c3cnc(N4CC(C(=O)N5CCC5)C4)nc3)cn2c1N(C)c1nc(-c2ccc(F)cc2)c(C#N)s1.CCc1nc2ccc(-c3cnc(N4CC(C(=O)O)C4)nc3)cn2c1N(C)c1nc(-c2ccc(F)cc2)c(C#N)s1.Cl. The Morgan fingerprint density at radius 2 is 0.989 bits per heavy atom. The van der Waals surface area contributed by atoms with Gasteiger partial charge in [0.05, 0.1) is 23.2 Å². The van der Waals surface area contributed by atoms with Crippen molar-refractivity contribution in [1.82, 2.24) is 58.9 Å². The van der Waals surface area contributed by atoms with Gasteiger partial charge in [-0.05, 0) is 112 Å². The van der Waals surface area contributed by atoms with Crippen LogP contribution >= 0.6 is 35.1 Å². The van der Waals surface area contributed by atoms with Gasteiger partial charge in [0.15, 0.2) is 10.3 Å². The molecule has 2 aromatic carbocycles. The molecule has 0 aliphatic carbocycles. The van der Waals surface area contributed by atoms with Gasteiger partial charge in [0.2, 0.25) is 17.8 Å². The van der Waals surface area contributed by atoms with Gasteiger partial charge in [-0.1, -0.05) is 43.9 Å². The van der Waals surface area contributed by atoms with Crippen LogP contribution in [0.3, 0.4) is 0 Å². The van der Waals surface area contributed by atoms with Crippen LogP contribution in [0.2, 0.25) is 0 Å². The maximum Gasteiger partial charge on any atom is 0.310 e. The number of fused-ring (bicyclic) bond motifs is 2. The van der Waals surface area contributed by atoms with Crippen molar-refractivity contribution < 1.29 is 23.5 Å². The first kappa shape index (κ1) is 62.5. The molecule has 0 radical (unpaired) electrons. The number of carbonyl (C=O) groups excluding carboxylic acids is 1. The number of hydrogen-bond donors (Lipinski definition) is 2. The lowest BCUT2D eigenvalue weighted by molar-refractivity contribution is -0.142. The number of hydrogen-bond acceptors (Lipinski definition) is 19. The van der Waals surface area contributed by atoms with E-state index in [2.05, 4.69) is 44.3 Å². The predicted molar refractivity (Wildman–Crippen MR) is 343 cm³/mol. The zero-order valence-corrected chi connectivity index (χ0v) is 50.8. The third-order valence-electron chi connectivity index (χ3n) is 15.7. The fourth-order valence-electron chi connectivity index (χ4n) is 10.4. The van der Waals surface area contributed by atoms with Gasteiger partial charge in [0.1, 0.15) is 67.8 Å². The minimum Gasteiger partial charge on any atom is -0.481 e. The highest BCUT2D eigenvalue weighted by molar-refractivity contribution is 7.17. The molecule has 456 valence electrons. The van der Waals surface area contributed by atoms with Crippen LogP contribution in [0.25, 0.3) is 56.1 Å². The number of likely N-dealkylation sites (tertiary alicyclic amines) is 1. The molecular formula is C63H63ClF2N18O3S2. The Morgan fingerprint density at radius 3 is 1.33 bits per heavy atom. The van der Waals surface area contributed by atoms with E-state index < -0.39 is 5.97 Å². The molecule has 2 N–H and O–H groups in total. The van der Waals surface area contributed by atoms with Gasteiger partial charge in [0, 0.05) is 124 Å². The van der Waals surface area contributed by atoms with Crippen LogP contribution in [-0.2, 0) is 22.4 Å². The summed E-state index contributed by atoms with van der Waals surface area (Å²) in [4.78, 5) is 71.4. The molecule has 10 aromatic rings. The number of benzene rings is 2. The Kier molecular flexibility index (Phi) is 18.9. The minimum absolute atomic E-state index is 0. The van der Waals surface area contributed by atoms with Gasteiger partial charge >= 0.3 is 5.97 Å². The van der Waals surface area contributed by atoms with E-state index in [1.807, 2.05) is 103 Å². The number of imidazole rings is 2. The number of aryl methyl sites for hydroxylation is 2. The van der Waals surface area contributed by atoms with Crippen molar-refractivity contribution in [1.29, 1.82) is 10.5 Å². The number of carboxylic acid groups (broad SMARTS) is 1. The lowest BCUT2D eigenvalue weighted by atomic mass is 9.97. The number of aliphatic carboxylic acids is 1. The van der Waals surface area contributed by atoms with Crippen LogP contribution in [-0.4, -0.2) is 137 Å². The van der Waals surface area contributed by atoms with Gasteiger partial charge in [-0.2, -0.15) is 10.5 Å². The van der Waals surface area contributed by atoms with E-state index in [4.69, 9.17) is 25.0 Å². The van der Waals surface area contributed by atoms with Crippen molar-refractivity contribution in [2.24, 2.45) is 11.8 Å². The predicted octanol–water partition coefficient (Wildman–Crippen LogP) is 10.7. The normalized spacial score (nSPS) is 14.2. The fraction of sp³-hybridized carbons (Fsp3) is 0.302. The van der Waals surface area contributed by atoms with Crippen LogP contribution < -0.4 is 24.9 Å². The van der Waals surface area contributed by atoms with E-state index in [1.165, 1.54) is 66.4 Å². The number of halogens is 3. The van der Waals surface area contributed by atoms with E-state index in [-0.39, 0.29) is 49.2 Å². The zero-order valence-electron chi connectivity index (χ0n) is 48.4. The smallest absolute Gasteiger partial charge is 0.310 e. The first-order chi connectivity index (χ1) is 42.3. The summed E-state index contributed by atoms with van der Waals surface area (Å²) in [6, 6.07) is 24.3. The highest BCUT2D eigenvalue weighted by Gasteiger charge is 2.38. The second-order valence-corrected chi connectivity index (χ2v) is 23.3. The van der Waals surface area contributed by atoms with Crippen molar-refractivity contribution in [3.8, 4) is 56.9 Å². The van der Waals surface area contributed by atoms with Crippen LogP contribution in [0.15, 0.2) is 110 Å². The van der Waals surface area contributed by atoms with Gasteiger partial charge in [-0.3, -0.25) is 18.4 Å². The largest absolute Gasteiger partial charge is 0.481 e. The van der Waals surface area contributed by atoms with Gasteiger partial charge in [-0.25, -0.2) is 48.7 Å². The maximum atomic E-state index is 13.5. The van der Waals surface area contributed by atoms with E-state index in [0.29, 0.717) is 93.4 Å². The highest BCUT2D eigenvalue weighted by atomic mass is 35.5. The summed E-state index contributed by atoms with van der Waals surface area (Å²) in [5, 5.41) is 33.1. The van der Waals surface area contributed by atoms with E-state index >= 15 is 0 Å². The summed E-state index contributed by atoms with van der Waals surface area (Å²) in [7, 11) is 3.80. The first-order valence-corrected chi connectivity index (χ1v) is 30.1. The van der Waals surface area contributed by atoms with Crippen molar-refractivity contribution in [2.45, 2.75) is 47.0 Å². The Labute approximate surface area is 526 Å². The van der Waals surface area contributed by atoms with Crippen molar-refractivity contribution in [2.75, 3.05) is 86.1 Å². The number of carboxylic acids is 1. The van der Waals surface area contributed by atoms with Crippen LogP contribution in [0.4, 0.5) is 42.6 Å². The van der Waals surface area contributed by atoms with Gasteiger partial charge in [0.25, 0.3) is 0 Å². The molecule has 4 saturated heterocycles. The molecule has 0 spiro atoms. The third-order valence-corrected chi connectivity index (χ3v) is 17.8. The number of nitrogens with zero attached hydrogens (tertiary/aromatic N) is 17.